The number of benzene rings is 1. The average Bonchev–Trinajstić information content (AvgIpc) is 3.08. The zero-order chi connectivity index (χ0) is 18.4. The van der Waals surface area contributed by atoms with Gasteiger partial charge in [0.2, 0.25) is 0 Å². The van der Waals surface area contributed by atoms with E-state index in [-0.39, 0.29) is 23.2 Å². The van der Waals surface area contributed by atoms with E-state index in [1.807, 2.05) is 18.2 Å². The summed E-state index contributed by atoms with van der Waals surface area (Å²) in [4.78, 5) is 26.6. The largest absolute Gasteiger partial charge is 0.383 e. The van der Waals surface area contributed by atoms with Gasteiger partial charge in [-0.3, -0.25) is 14.5 Å². The van der Waals surface area contributed by atoms with Gasteiger partial charge in [-0.2, -0.15) is 5.10 Å². The Balaban J connectivity index is 1.56. The number of nitrogens with zero attached hydrogens (tertiary/aromatic N) is 3. The van der Waals surface area contributed by atoms with Crippen molar-refractivity contribution in [2.24, 2.45) is 0 Å². The van der Waals surface area contributed by atoms with Gasteiger partial charge in [-0.05, 0) is 18.1 Å². The van der Waals surface area contributed by atoms with Crippen molar-refractivity contribution in [1.29, 1.82) is 0 Å². The predicted octanol–water partition coefficient (Wildman–Crippen LogP) is 0.894. The zero-order valence-corrected chi connectivity index (χ0v) is 14.9. The first-order valence-corrected chi connectivity index (χ1v) is 8.80. The van der Waals surface area contributed by atoms with Gasteiger partial charge in [0.1, 0.15) is 5.69 Å². The number of hydrogen-bond acceptors (Lipinski definition) is 5. The molecular weight excluding hydrogens is 332 g/mol. The number of carbonyl (C=O) groups is 1. The normalized spacial score (nSPS) is 17.3. The second kappa shape index (κ2) is 8.73. The van der Waals surface area contributed by atoms with E-state index in [1.165, 1.54) is 22.4 Å². The molecule has 1 atom stereocenters. The summed E-state index contributed by atoms with van der Waals surface area (Å²) < 4.78 is 6.22. The number of likely N-dealkylation sites (tertiary alicyclic amines) is 1. The first kappa shape index (κ1) is 18.3. The third kappa shape index (κ3) is 4.77. The predicted molar refractivity (Wildman–Crippen MR) is 98.0 cm³/mol. The number of rotatable bonds is 7. The molecule has 2 aromatic rings. The molecule has 0 radical (unpaired) electrons. The average molecular weight is 356 g/mol. The molecule has 1 aromatic carbocycles. The molecule has 7 nitrogen and oxygen atoms in total. The van der Waals surface area contributed by atoms with Gasteiger partial charge in [0.25, 0.3) is 11.5 Å². The highest BCUT2D eigenvalue weighted by Gasteiger charge is 2.24. The van der Waals surface area contributed by atoms with Crippen LogP contribution in [0.2, 0.25) is 0 Å². The van der Waals surface area contributed by atoms with Gasteiger partial charge < -0.3 is 10.1 Å². The summed E-state index contributed by atoms with van der Waals surface area (Å²) in [5.74, 6) is -0.247. The van der Waals surface area contributed by atoms with Crippen LogP contribution >= 0.6 is 0 Å². The molecule has 26 heavy (non-hydrogen) atoms. The Morgan fingerprint density at radius 1 is 1.27 bits per heavy atom. The number of nitrogens with one attached hydrogen (secondary N) is 1. The number of carbonyl (C=O) groups excluding carboxylic acids is 1. The number of methoxy groups -OCH3 is 1. The fourth-order valence-corrected chi connectivity index (χ4v) is 3.10. The van der Waals surface area contributed by atoms with Crippen molar-refractivity contribution in [3.05, 3.63) is 64.1 Å². The second-order valence-electron chi connectivity index (χ2n) is 6.45. The van der Waals surface area contributed by atoms with Gasteiger partial charge in [0.15, 0.2) is 0 Å². The lowest BCUT2D eigenvalue weighted by molar-refractivity contribution is 0.0929. The number of aromatic nitrogens is 2. The molecule has 0 aliphatic carbocycles. The molecule has 1 fully saturated rings. The van der Waals surface area contributed by atoms with Crippen molar-refractivity contribution in [3.63, 3.8) is 0 Å². The van der Waals surface area contributed by atoms with Crippen LogP contribution in [0.1, 0.15) is 22.5 Å². The van der Waals surface area contributed by atoms with E-state index in [1.54, 1.807) is 7.11 Å². The molecule has 1 amide bonds. The maximum absolute atomic E-state index is 12.5. The summed E-state index contributed by atoms with van der Waals surface area (Å²) in [5, 5.41) is 7.16. The van der Waals surface area contributed by atoms with Gasteiger partial charge in [-0.1, -0.05) is 30.3 Å². The minimum Gasteiger partial charge on any atom is -0.383 e. The van der Waals surface area contributed by atoms with Gasteiger partial charge in [0.05, 0.1) is 13.2 Å². The Morgan fingerprint density at radius 2 is 2.08 bits per heavy atom. The molecule has 1 N–H and O–H groups in total. The zero-order valence-electron chi connectivity index (χ0n) is 14.9. The van der Waals surface area contributed by atoms with E-state index in [4.69, 9.17) is 4.74 Å². The van der Waals surface area contributed by atoms with Crippen LogP contribution in [0.5, 0.6) is 0 Å². The number of hydrogen-bond donors (Lipinski definition) is 1. The highest BCUT2D eigenvalue weighted by molar-refractivity contribution is 5.92. The minimum absolute atomic E-state index is 0.0902. The summed E-state index contributed by atoms with van der Waals surface area (Å²) in [6.07, 6.45) is 0.905. The topological polar surface area (TPSA) is 76.5 Å². The Bertz CT molecular complexity index is 791. The highest BCUT2D eigenvalue weighted by Crippen LogP contribution is 2.13. The van der Waals surface area contributed by atoms with E-state index < -0.39 is 0 Å². The van der Waals surface area contributed by atoms with Crippen molar-refractivity contribution < 1.29 is 9.53 Å². The van der Waals surface area contributed by atoms with E-state index >= 15 is 0 Å². The molecule has 7 heteroatoms. The molecule has 138 valence electrons. The lowest BCUT2D eigenvalue weighted by Crippen LogP contribution is -2.38. The summed E-state index contributed by atoms with van der Waals surface area (Å²) >= 11 is 0. The minimum atomic E-state index is -0.247. The lowest BCUT2D eigenvalue weighted by atomic mass is 10.2. The van der Waals surface area contributed by atoms with E-state index in [9.17, 15) is 9.59 Å². The van der Waals surface area contributed by atoms with Crippen LogP contribution in [0.4, 0.5) is 0 Å². The summed E-state index contributed by atoms with van der Waals surface area (Å²) in [5.41, 5.74) is 1.28. The Hall–Kier alpha value is -2.51. The van der Waals surface area contributed by atoms with Crippen molar-refractivity contribution in [2.75, 3.05) is 26.8 Å². The number of ether oxygens (including phenoxy) is 1. The molecule has 1 saturated heterocycles. The third-order valence-electron chi connectivity index (χ3n) is 4.46. The van der Waals surface area contributed by atoms with Crippen molar-refractivity contribution >= 4 is 5.91 Å². The molecule has 1 aliphatic rings. The lowest BCUT2D eigenvalue weighted by Gasteiger charge is -2.16. The first-order chi connectivity index (χ1) is 12.7. The monoisotopic (exact) mass is 356 g/mol. The van der Waals surface area contributed by atoms with Crippen molar-refractivity contribution in [2.45, 2.75) is 25.6 Å². The molecule has 1 aliphatic heterocycles. The third-order valence-corrected chi connectivity index (χ3v) is 4.46. The van der Waals surface area contributed by atoms with Crippen LogP contribution in [-0.2, 0) is 17.8 Å². The summed E-state index contributed by atoms with van der Waals surface area (Å²) in [6.45, 7) is 3.33. The fraction of sp³-hybridized carbons (Fsp3) is 0.421. The van der Waals surface area contributed by atoms with E-state index in [0.29, 0.717) is 13.2 Å². The maximum Gasteiger partial charge on any atom is 0.271 e. The Labute approximate surface area is 152 Å². The first-order valence-electron chi connectivity index (χ1n) is 8.80. The van der Waals surface area contributed by atoms with Crippen LogP contribution < -0.4 is 10.9 Å². The van der Waals surface area contributed by atoms with Crippen LogP contribution in [0.25, 0.3) is 0 Å². The standard InChI is InChI=1S/C19H24N4O3/c1-26-12-11-23-18(24)8-7-17(21-23)19(25)20-16-9-10-22(14-16)13-15-5-3-2-4-6-15/h2-8,16H,9-14H2,1H3,(H,20,25). The van der Waals surface area contributed by atoms with Crippen LogP contribution in [0, 0.1) is 0 Å². The molecule has 1 aromatic heterocycles. The summed E-state index contributed by atoms with van der Waals surface area (Å²) in [6, 6.07) is 13.2. The van der Waals surface area contributed by atoms with Crippen molar-refractivity contribution in [1.82, 2.24) is 20.0 Å². The second-order valence-corrected chi connectivity index (χ2v) is 6.45. The molecule has 0 bridgehead atoms. The summed E-state index contributed by atoms with van der Waals surface area (Å²) in [7, 11) is 1.56. The van der Waals surface area contributed by atoms with Crippen LogP contribution in [0.3, 0.4) is 0 Å². The molecule has 0 saturated carbocycles. The molecule has 0 spiro atoms. The number of amides is 1. The SMILES string of the molecule is COCCn1nc(C(=O)NC2CCN(Cc3ccccc3)C2)ccc1=O. The van der Waals surface area contributed by atoms with E-state index in [0.717, 1.165) is 26.1 Å². The quantitative estimate of drug-likeness (QED) is 0.797. The highest BCUT2D eigenvalue weighted by atomic mass is 16.5. The fourth-order valence-electron chi connectivity index (χ4n) is 3.10. The van der Waals surface area contributed by atoms with E-state index in [2.05, 4.69) is 27.4 Å². The smallest absolute Gasteiger partial charge is 0.271 e. The Morgan fingerprint density at radius 3 is 2.85 bits per heavy atom. The van der Waals surface area contributed by atoms with Gasteiger partial charge in [-0.15, -0.1) is 0 Å². The molecule has 3 rings (SSSR count). The van der Waals surface area contributed by atoms with Gasteiger partial charge in [0, 0.05) is 38.9 Å². The maximum atomic E-state index is 12.5. The van der Waals surface area contributed by atoms with Gasteiger partial charge in [-0.25, -0.2) is 4.68 Å². The Kier molecular flexibility index (Phi) is 6.14. The van der Waals surface area contributed by atoms with Gasteiger partial charge >= 0.3 is 0 Å². The van der Waals surface area contributed by atoms with Crippen molar-refractivity contribution in [3.8, 4) is 0 Å². The van der Waals surface area contributed by atoms with Crippen LogP contribution in [-0.4, -0.2) is 53.4 Å². The molecule has 1 unspecified atom stereocenters. The molecule has 2 heterocycles. The van der Waals surface area contributed by atoms with Crippen LogP contribution in [0.15, 0.2) is 47.3 Å². The molecular formula is C19H24N4O3.